The molecule has 1 saturated heterocycles. The molecular weight excluding hydrogens is 260 g/mol. The molecule has 0 aliphatic carbocycles. The van der Waals surface area contributed by atoms with Gasteiger partial charge in [0.1, 0.15) is 5.82 Å². The quantitative estimate of drug-likeness (QED) is 0.720. The Morgan fingerprint density at radius 1 is 0.762 bits per heavy atom. The Morgan fingerprint density at radius 3 is 2.05 bits per heavy atom. The van der Waals surface area contributed by atoms with Crippen LogP contribution in [-0.4, -0.2) is 35.8 Å². The van der Waals surface area contributed by atoms with E-state index >= 15 is 0 Å². The van der Waals surface area contributed by atoms with Gasteiger partial charge in [-0.25, -0.2) is 4.98 Å². The molecule has 1 aromatic carbocycles. The highest BCUT2D eigenvalue weighted by molar-refractivity contribution is 5.82. The second-order valence-electron chi connectivity index (χ2n) is 5.40. The maximum Gasteiger partial charge on any atom is 0.128 e. The molecule has 0 spiro atoms. The summed E-state index contributed by atoms with van der Waals surface area (Å²) < 4.78 is 2.24. The SMILES string of the molecule is c1ccc(N2CCN(n3cc4ccccc4c3)CC2)nc1. The van der Waals surface area contributed by atoms with Crippen molar-refractivity contribution in [3.8, 4) is 0 Å². The topological polar surface area (TPSA) is 24.3 Å². The zero-order valence-corrected chi connectivity index (χ0v) is 11.9. The van der Waals surface area contributed by atoms with Crippen molar-refractivity contribution in [2.24, 2.45) is 0 Å². The van der Waals surface area contributed by atoms with Crippen LogP contribution in [0, 0.1) is 0 Å². The van der Waals surface area contributed by atoms with Crippen molar-refractivity contribution in [3.63, 3.8) is 0 Å². The number of pyridine rings is 1. The first-order valence-corrected chi connectivity index (χ1v) is 7.38. The lowest BCUT2D eigenvalue weighted by molar-refractivity contribution is 0.528. The molecule has 2 aromatic heterocycles. The Balaban J connectivity index is 1.50. The lowest BCUT2D eigenvalue weighted by atomic mass is 10.2. The average molecular weight is 278 g/mol. The third kappa shape index (κ3) is 2.33. The predicted molar refractivity (Wildman–Crippen MR) is 86.3 cm³/mol. The van der Waals surface area contributed by atoms with Crippen LogP contribution in [-0.2, 0) is 0 Å². The number of benzene rings is 1. The van der Waals surface area contributed by atoms with Gasteiger partial charge in [-0.05, 0) is 12.1 Å². The lowest BCUT2D eigenvalue weighted by Gasteiger charge is -2.37. The third-order valence-electron chi connectivity index (χ3n) is 4.09. The van der Waals surface area contributed by atoms with Crippen molar-refractivity contribution in [1.82, 2.24) is 9.66 Å². The molecule has 0 amide bonds. The van der Waals surface area contributed by atoms with Crippen molar-refractivity contribution in [3.05, 3.63) is 61.1 Å². The highest BCUT2D eigenvalue weighted by Crippen LogP contribution is 2.17. The van der Waals surface area contributed by atoms with Crippen LogP contribution in [0.5, 0.6) is 0 Å². The van der Waals surface area contributed by atoms with Crippen molar-refractivity contribution in [1.29, 1.82) is 0 Å². The van der Waals surface area contributed by atoms with E-state index in [4.69, 9.17) is 0 Å². The second kappa shape index (κ2) is 5.13. The molecule has 1 fully saturated rings. The van der Waals surface area contributed by atoms with Gasteiger partial charge in [-0.2, -0.15) is 0 Å². The zero-order valence-electron chi connectivity index (χ0n) is 11.9. The van der Waals surface area contributed by atoms with Crippen LogP contribution < -0.4 is 9.91 Å². The molecule has 0 bridgehead atoms. The largest absolute Gasteiger partial charge is 0.353 e. The summed E-state index contributed by atoms with van der Waals surface area (Å²) in [6.07, 6.45) is 6.29. The lowest BCUT2D eigenvalue weighted by Crippen LogP contribution is -2.51. The molecule has 21 heavy (non-hydrogen) atoms. The first-order chi connectivity index (χ1) is 10.4. The molecule has 4 heteroatoms. The molecule has 106 valence electrons. The van der Waals surface area contributed by atoms with Gasteiger partial charge in [0.15, 0.2) is 0 Å². The molecule has 0 radical (unpaired) electrons. The third-order valence-corrected chi connectivity index (χ3v) is 4.09. The molecule has 1 aliphatic rings. The first-order valence-electron chi connectivity index (χ1n) is 7.38. The van der Waals surface area contributed by atoms with Crippen LogP contribution in [0.15, 0.2) is 61.1 Å². The van der Waals surface area contributed by atoms with Crippen LogP contribution in [0.4, 0.5) is 5.82 Å². The zero-order chi connectivity index (χ0) is 14.1. The van der Waals surface area contributed by atoms with Gasteiger partial charge in [-0.3, -0.25) is 4.68 Å². The smallest absolute Gasteiger partial charge is 0.128 e. The van der Waals surface area contributed by atoms with E-state index in [0.29, 0.717) is 0 Å². The summed E-state index contributed by atoms with van der Waals surface area (Å²) in [5, 5.41) is 4.98. The minimum atomic E-state index is 1.01. The Morgan fingerprint density at radius 2 is 1.43 bits per heavy atom. The van der Waals surface area contributed by atoms with Crippen molar-refractivity contribution in [2.45, 2.75) is 0 Å². The van der Waals surface area contributed by atoms with Crippen LogP contribution in [0.1, 0.15) is 0 Å². The monoisotopic (exact) mass is 278 g/mol. The summed E-state index contributed by atoms with van der Waals surface area (Å²) in [4.78, 5) is 6.78. The van der Waals surface area contributed by atoms with Gasteiger partial charge in [-0.15, -0.1) is 0 Å². The van der Waals surface area contributed by atoms with Crippen LogP contribution in [0.2, 0.25) is 0 Å². The fraction of sp³-hybridized carbons (Fsp3) is 0.235. The minimum absolute atomic E-state index is 1.01. The number of piperazine rings is 1. The number of aromatic nitrogens is 2. The van der Waals surface area contributed by atoms with Gasteiger partial charge in [0, 0.05) is 42.5 Å². The number of fused-ring (bicyclic) bond motifs is 1. The summed E-state index contributed by atoms with van der Waals surface area (Å²) >= 11 is 0. The van der Waals surface area contributed by atoms with Crippen LogP contribution in [0.25, 0.3) is 10.8 Å². The second-order valence-corrected chi connectivity index (χ2v) is 5.40. The van der Waals surface area contributed by atoms with E-state index < -0.39 is 0 Å². The first kappa shape index (κ1) is 12.3. The number of rotatable bonds is 2. The highest BCUT2D eigenvalue weighted by atomic mass is 15.6. The van der Waals surface area contributed by atoms with Crippen molar-refractivity contribution < 1.29 is 0 Å². The summed E-state index contributed by atoms with van der Waals surface area (Å²) in [5.41, 5.74) is 0. The number of anilines is 1. The molecule has 1 aliphatic heterocycles. The maximum atomic E-state index is 4.44. The van der Waals surface area contributed by atoms with E-state index in [1.165, 1.54) is 10.8 Å². The van der Waals surface area contributed by atoms with Crippen molar-refractivity contribution >= 4 is 16.6 Å². The Bertz CT molecular complexity index is 694. The van der Waals surface area contributed by atoms with Crippen LogP contribution >= 0.6 is 0 Å². The number of hydrogen-bond donors (Lipinski definition) is 0. The van der Waals surface area contributed by atoms with Gasteiger partial charge < -0.3 is 9.91 Å². The Hall–Kier alpha value is -2.49. The summed E-state index contributed by atoms with van der Waals surface area (Å²) in [5.74, 6) is 1.08. The number of hydrogen-bond acceptors (Lipinski definition) is 3. The molecular formula is C17H18N4. The van der Waals surface area contributed by atoms with Crippen molar-refractivity contribution in [2.75, 3.05) is 36.1 Å². The molecule has 4 rings (SSSR count). The fourth-order valence-electron chi connectivity index (χ4n) is 2.93. The van der Waals surface area contributed by atoms with Gasteiger partial charge in [0.05, 0.1) is 13.1 Å². The predicted octanol–water partition coefficient (Wildman–Crippen LogP) is 2.49. The van der Waals surface area contributed by atoms with E-state index in [1.807, 2.05) is 18.3 Å². The van der Waals surface area contributed by atoms with E-state index in [0.717, 1.165) is 32.0 Å². The van der Waals surface area contributed by atoms with E-state index in [1.54, 1.807) is 0 Å². The number of nitrogens with zero attached hydrogens (tertiary/aromatic N) is 4. The molecule has 4 nitrogen and oxygen atoms in total. The van der Waals surface area contributed by atoms with Gasteiger partial charge >= 0.3 is 0 Å². The maximum absolute atomic E-state index is 4.44. The van der Waals surface area contributed by atoms with Gasteiger partial charge in [0.25, 0.3) is 0 Å². The molecule has 3 aromatic rings. The Kier molecular flexibility index (Phi) is 2.99. The molecule has 0 saturated carbocycles. The molecule has 3 heterocycles. The van der Waals surface area contributed by atoms with E-state index in [9.17, 15) is 0 Å². The van der Waals surface area contributed by atoms with Crippen LogP contribution in [0.3, 0.4) is 0 Å². The average Bonchev–Trinajstić information content (AvgIpc) is 3.00. The summed E-state index contributed by atoms with van der Waals surface area (Å²) in [6, 6.07) is 14.6. The Labute approximate surface area is 124 Å². The highest BCUT2D eigenvalue weighted by Gasteiger charge is 2.18. The summed E-state index contributed by atoms with van der Waals surface area (Å²) in [7, 11) is 0. The molecule has 0 atom stereocenters. The molecule has 0 N–H and O–H groups in total. The van der Waals surface area contributed by atoms with Gasteiger partial charge in [-0.1, -0.05) is 30.3 Å². The standard InChI is InChI=1S/C17H18N4/c1-2-6-16-14-21(13-15(16)5-1)20-11-9-19(10-12-20)17-7-3-4-8-18-17/h1-8,13-14H,9-12H2. The minimum Gasteiger partial charge on any atom is -0.353 e. The normalized spacial score (nSPS) is 15.6. The van der Waals surface area contributed by atoms with E-state index in [2.05, 4.69) is 62.3 Å². The van der Waals surface area contributed by atoms with Gasteiger partial charge in [0.2, 0.25) is 0 Å². The molecule has 0 unspecified atom stereocenters. The van der Waals surface area contributed by atoms with E-state index in [-0.39, 0.29) is 0 Å². The summed E-state index contributed by atoms with van der Waals surface area (Å²) in [6.45, 7) is 4.03. The fourth-order valence-corrected chi connectivity index (χ4v) is 2.93.